The Morgan fingerprint density at radius 3 is 2.65 bits per heavy atom. The van der Waals surface area contributed by atoms with Crippen LogP contribution in [0.3, 0.4) is 0 Å². The summed E-state index contributed by atoms with van der Waals surface area (Å²) in [5, 5.41) is 20.0. The Labute approximate surface area is 250 Å². The number of para-hydroxylation sites is 1. The van der Waals surface area contributed by atoms with Gasteiger partial charge in [0.15, 0.2) is 0 Å². The fraction of sp³-hybridized carbons (Fsp3) is 0.258. The van der Waals surface area contributed by atoms with Crippen molar-refractivity contribution in [3.63, 3.8) is 0 Å². The lowest BCUT2D eigenvalue weighted by atomic mass is 9.87. The van der Waals surface area contributed by atoms with Gasteiger partial charge < -0.3 is 5.32 Å². The number of nitrogens with one attached hydrogen (secondary N) is 2. The van der Waals surface area contributed by atoms with E-state index in [2.05, 4.69) is 15.5 Å². The van der Waals surface area contributed by atoms with E-state index in [-0.39, 0.29) is 29.3 Å². The molecule has 1 saturated carbocycles. The first-order valence-corrected chi connectivity index (χ1v) is 14.0. The van der Waals surface area contributed by atoms with Crippen LogP contribution in [0.15, 0.2) is 72.9 Å². The molecule has 2 N–H and O–H groups in total. The molecule has 2 heterocycles. The minimum atomic E-state index is -2.88. The van der Waals surface area contributed by atoms with Crippen molar-refractivity contribution in [1.82, 2.24) is 15.5 Å². The van der Waals surface area contributed by atoms with Crippen molar-refractivity contribution in [3.8, 4) is 6.07 Å². The predicted octanol–water partition coefficient (Wildman–Crippen LogP) is 5.27. The summed E-state index contributed by atoms with van der Waals surface area (Å²) < 4.78 is 27.4. The van der Waals surface area contributed by atoms with E-state index in [1.807, 2.05) is 6.07 Å². The molecular weight excluding hydrogens is 578 g/mol. The van der Waals surface area contributed by atoms with Gasteiger partial charge in [0.05, 0.1) is 29.0 Å². The highest BCUT2D eigenvalue weighted by molar-refractivity contribution is 6.32. The monoisotopic (exact) mass is 602 g/mol. The zero-order valence-electron chi connectivity index (χ0n) is 22.6. The summed E-state index contributed by atoms with van der Waals surface area (Å²) >= 11 is 6.61. The summed E-state index contributed by atoms with van der Waals surface area (Å²) in [6.07, 6.45) is 0.753. The van der Waals surface area contributed by atoms with E-state index in [1.54, 1.807) is 66.9 Å². The minimum Gasteiger partial charge on any atom is -0.351 e. The SMILES string of the molecule is N#Cc1cccc(N2C(=O)CC[C@H]2C(=O)N(c2cccc3cn[nH]c23)C(C(=O)NC2CC(F)(F)C2)c2ccccc2Cl)c1. The van der Waals surface area contributed by atoms with Gasteiger partial charge in [-0.25, -0.2) is 8.78 Å². The van der Waals surface area contributed by atoms with Crippen LogP contribution in [0.1, 0.15) is 42.9 Å². The van der Waals surface area contributed by atoms with Gasteiger partial charge in [-0.05, 0) is 36.8 Å². The van der Waals surface area contributed by atoms with Crippen LogP contribution in [0.5, 0.6) is 0 Å². The van der Waals surface area contributed by atoms with Crippen molar-refractivity contribution in [2.24, 2.45) is 0 Å². The second-order valence-corrected chi connectivity index (χ2v) is 11.1. The molecule has 3 aromatic carbocycles. The van der Waals surface area contributed by atoms with Crippen LogP contribution in [0.2, 0.25) is 5.02 Å². The Morgan fingerprint density at radius 1 is 1.14 bits per heavy atom. The smallest absolute Gasteiger partial charge is 0.252 e. The number of carbonyl (C=O) groups excluding carboxylic acids is 3. The molecule has 2 aliphatic rings. The molecule has 3 amide bonds. The number of hydrogen-bond acceptors (Lipinski definition) is 5. The van der Waals surface area contributed by atoms with Crippen LogP contribution < -0.4 is 15.1 Å². The van der Waals surface area contributed by atoms with E-state index >= 15 is 0 Å². The lowest BCUT2D eigenvalue weighted by molar-refractivity contribution is -0.133. The second kappa shape index (κ2) is 11.1. The molecule has 1 unspecified atom stereocenters. The van der Waals surface area contributed by atoms with Crippen LogP contribution >= 0.6 is 11.6 Å². The Bertz CT molecular complexity index is 1780. The molecule has 0 spiro atoms. The van der Waals surface area contributed by atoms with E-state index in [4.69, 9.17) is 11.6 Å². The fourth-order valence-electron chi connectivity index (χ4n) is 5.80. The largest absolute Gasteiger partial charge is 0.351 e. The number of carbonyl (C=O) groups is 3. The second-order valence-electron chi connectivity index (χ2n) is 10.7. The Morgan fingerprint density at radius 2 is 1.91 bits per heavy atom. The van der Waals surface area contributed by atoms with Gasteiger partial charge in [0.1, 0.15) is 12.1 Å². The number of nitrogens with zero attached hydrogens (tertiary/aromatic N) is 4. The Balaban J connectivity index is 1.49. The van der Waals surface area contributed by atoms with Gasteiger partial charge in [-0.3, -0.25) is 29.3 Å². The zero-order chi connectivity index (χ0) is 30.3. The molecule has 12 heteroatoms. The van der Waals surface area contributed by atoms with E-state index in [0.29, 0.717) is 27.8 Å². The number of fused-ring (bicyclic) bond motifs is 1. The number of alkyl halides is 2. The summed E-state index contributed by atoms with van der Waals surface area (Å²) in [7, 11) is 0. The molecule has 4 aromatic rings. The lowest BCUT2D eigenvalue weighted by Crippen LogP contribution is -2.56. The molecule has 1 aromatic heterocycles. The summed E-state index contributed by atoms with van der Waals surface area (Å²) in [6, 6.07) is 16.9. The van der Waals surface area contributed by atoms with Crippen LogP contribution in [0.25, 0.3) is 10.9 Å². The van der Waals surface area contributed by atoms with E-state index in [9.17, 15) is 28.4 Å². The molecule has 6 rings (SSSR count). The van der Waals surface area contributed by atoms with Crippen molar-refractivity contribution >= 4 is 51.6 Å². The maximum absolute atomic E-state index is 14.8. The van der Waals surface area contributed by atoms with Crippen LogP contribution in [0.4, 0.5) is 20.2 Å². The molecule has 0 bridgehead atoms. The zero-order valence-corrected chi connectivity index (χ0v) is 23.4. The molecule has 2 atom stereocenters. The molecule has 1 saturated heterocycles. The maximum atomic E-state index is 14.8. The molecule has 1 aliphatic heterocycles. The van der Waals surface area contributed by atoms with Crippen molar-refractivity contribution in [3.05, 3.63) is 89.1 Å². The van der Waals surface area contributed by atoms with Gasteiger partial charge in [0.2, 0.25) is 11.8 Å². The van der Waals surface area contributed by atoms with Gasteiger partial charge in [0.25, 0.3) is 11.8 Å². The van der Waals surface area contributed by atoms with E-state index in [1.165, 1.54) is 15.9 Å². The first-order chi connectivity index (χ1) is 20.7. The predicted molar refractivity (Wildman–Crippen MR) is 156 cm³/mol. The number of nitriles is 1. The number of aromatic amines is 1. The molecular formula is C31H25ClF2N6O3. The van der Waals surface area contributed by atoms with Gasteiger partial charge in [-0.15, -0.1) is 0 Å². The van der Waals surface area contributed by atoms with Crippen molar-refractivity contribution < 1.29 is 23.2 Å². The summed E-state index contributed by atoms with van der Waals surface area (Å²) in [5.74, 6) is -4.48. The highest BCUT2D eigenvalue weighted by Crippen LogP contribution is 2.41. The van der Waals surface area contributed by atoms with Gasteiger partial charge in [0, 0.05) is 47.0 Å². The highest BCUT2D eigenvalue weighted by atomic mass is 35.5. The molecule has 9 nitrogen and oxygen atoms in total. The first kappa shape index (κ1) is 28.3. The third-order valence-electron chi connectivity index (χ3n) is 7.84. The fourth-order valence-corrected chi connectivity index (χ4v) is 6.04. The number of H-pyrrole nitrogens is 1. The van der Waals surface area contributed by atoms with Crippen LogP contribution in [-0.2, 0) is 14.4 Å². The average Bonchev–Trinajstić information content (AvgIpc) is 3.62. The van der Waals surface area contributed by atoms with E-state index < -0.39 is 48.7 Å². The number of benzene rings is 3. The molecule has 0 radical (unpaired) electrons. The Hall–Kier alpha value is -4.82. The number of halogens is 3. The van der Waals surface area contributed by atoms with Crippen molar-refractivity contribution in [1.29, 1.82) is 5.26 Å². The highest BCUT2D eigenvalue weighted by Gasteiger charge is 2.48. The third kappa shape index (κ3) is 5.30. The van der Waals surface area contributed by atoms with E-state index in [0.717, 1.165) is 0 Å². The summed E-state index contributed by atoms with van der Waals surface area (Å²) in [6.45, 7) is 0. The standard InChI is InChI=1S/C31H25ClF2N6O3/c32-23-9-2-1-8-22(23)28(29(42)37-20-14-31(33,34)15-20)40(24-10-4-6-19-17-36-38-27(19)24)30(43)25-11-12-26(41)39(25)21-7-3-5-18(13-21)16-35/h1-10,13,17,20,25,28H,11-12,14-15H2,(H,36,38)(H,37,42)/t25-,28?/m0/s1. The normalized spacial score (nSPS) is 18.6. The van der Waals surface area contributed by atoms with Gasteiger partial charge in [-0.1, -0.05) is 48.0 Å². The maximum Gasteiger partial charge on any atom is 0.252 e. The molecule has 2 fully saturated rings. The topological polar surface area (TPSA) is 122 Å². The number of anilines is 2. The number of amides is 3. The van der Waals surface area contributed by atoms with Crippen molar-refractivity contribution in [2.45, 2.75) is 49.7 Å². The molecule has 1 aliphatic carbocycles. The Kier molecular flexibility index (Phi) is 7.31. The average molecular weight is 603 g/mol. The number of hydrogen-bond donors (Lipinski definition) is 2. The number of rotatable bonds is 7. The van der Waals surface area contributed by atoms with Crippen molar-refractivity contribution in [2.75, 3.05) is 9.80 Å². The van der Waals surface area contributed by atoms with Crippen LogP contribution in [-0.4, -0.2) is 45.9 Å². The quantitative estimate of drug-likeness (QED) is 0.298. The van der Waals surface area contributed by atoms with Crippen LogP contribution in [0, 0.1) is 11.3 Å². The first-order valence-electron chi connectivity index (χ1n) is 13.7. The van der Waals surface area contributed by atoms with Gasteiger partial charge in [-0.2, -0.15) is 10.4 Å². The molecule has 43 heavy (non-hydrogen) atoms. The summed E-state index contributed by atoms with van der Waals surface area (Å²) in [4.78, 5) is 44.7. The lowest BCUT2D eigenvalue weighted by Gasteiger charge is -2.39. The minimum absolute atomic E-state index is 0.0649. The third-order valence-corrected chi connectivity index (χ3v) is 8.19. The summed E-state index contributed by atoms with van der Waals surface area (Å²) in [5.41, 5.74) is 1.71. The molecule has 218 valence electrons. The van der Waals surface area contributed by atoms with Gasteiger partial charge >= 0.3 is 0 Å². The number of aromatic nitrogens is 2.